The van der Waals surface area contributed by atoms with E-state index in [-0.39, 0.29) is 13.0 Å². The summed E-state index contributed by atoms with van der Waals surface area (Å²) < 4.78 is 9.82. The molecule has 0 fully saturated rings. The van der Waals surface area contributed by atoms with Crippen LogP contribution in [0.25, 0.3) is 0 Å². The maximum Gasteiger partial charge on any atom is 0.155 e. The van der Waals surface area contributed by atoms with E-state index in [1.54, 1.807) is 0 Å². The minimum absolute atomic E-state index is 0.0847. The topological polar surface area (TPSA) is 17.1 Å². The van der Waals surface area contributed by atoms with Crippen molar-refractivity contribution in [3.8, 4) is 0 Å². The molecule has 0 amide bonds. The van der Waals surface area contributed by atoms with Gasteiger partial charge in [-0.05, 0) is 6.42 Å². The second-order valence-corrected chi connectivity index (χ2v) is 3.48. The van der Waals surface area contributed by atoms with Gasteiger partial charge in [-0.1, -0.05) is 0 Å². The summed E-state index contributed by atoms with van der Waals surface area (Å²) in [6.07, 6.45) is 1.47. The van der Waals surface area contributed by atoms with Crippen LogP contribution in [-0.4, -0.2) is 10.7 Å². The fourth-order valence-corrected chi connectivity index (χ4v) is 1.20. The monoisotopic (exact) mass is 154 g/mol. The van der Waals surface area contributed by atoms with Crippen LogP contribution in [0, 0.1) is 0 Å². The zero-order valence-electron chi connectivity index (χ0n) is 3.74. The van der Waals surface area contributed by atoms with Crippen LogP contribution in [-0.2, 0) is 4.57 Å². The fourth-order valence-electron chi connectivity index (χ4n) is 0.168. The Morgan fingerprint density at radius 1 is 1.57 bits per heavy atom. The number of hydrogen-bond acceptors (Lipinski definition) is 3. The minimum atomic E-state index is 0.0847. The van der Waals surface area contributed by atoms with Crippen LogP contribution in [0.15, 0.2) is 0 Å². The first-order valence-corrected chi connectivity index (χ1v) is 3.95. The van der Waals surface area contributed by atoms with Crippen molar-refractivity contribution in [3.05, 3.63) is 0 Å². The molecule has 0 atom stereocenters. The van der Waals surface area contributed by atoms with Crippen LogP contribution in [0.3, 0.4) is 0 Å². The van der Waals surface area contributed by atoms with E-state index < -0.39 is 0 Å². The van der Waals surface area contributed by atoms with Gasteiger partial charge in [0.1, 0.15) is 0 Å². The predicted molar refractivity (Wildman–Crippen MR) is 38.9 cm³/mol. The van der Waals surface area contributed by atoms with Gasteiger partial charge in [0.25, 0.3) is 0 Å². The van der Waals surface area contributed by atoms with Gasteiger partial charge in [-0.3, -0.25) is 4.57 Å². The molecule has 0 aliphatic carbocycles. The molecule has 0 aromatic carbocycles. The van der Waals surface area contributed by atoms with Crippen LogP contribution in [0.4, 0.5) is 0 Å². The maximum atomic E-state index is 9.74. The van der Waals surface area contributed by atoms with Crippen molar-refractivity contribution in [2.24, 2.45) is 0 Å². The Morgan fingerprint density at radius 2 is 2.14 bits per heavy atom. The summed E-state index contributed by atoms with van der Waals surface area (Å²) in [5, 5.41) is 0. The van der Waals surface area contributed by atoms with Crippen LogP contribution in [0.5, 0.6) is 0 Å². The normalized spacial score (nSPS) is 10.7. The second kappa shape index (κ2) is 4.95. The Bertz CT molecular complexity index is 56.9. The van der Waals surface area contributed by atoms with Crippen molar-refractivity contribution in [2.45, 2.75) is 11.0 Å². The lowest BCUT2D eigenvalue weighted by Gasteiger charge is -1.93. The SMILES string of the molecule is O=PCCC(S)S. The Labute approximate surface area is 55.9 Å². The van der Waals surface area contributed by atoms with Crippen molar-refractivity contribution in [1.29, 1.82) is 0 Å². The lowest BCUT2D eigenvalue weighted by molar-refractivity contribution is 0.598. The Kier molecular flexibility index (Phi) is 5.51. The molecule has 7 heavy (non-hydrogen) atoms. The summed E-state index contributed by atoms with van der Waals surface area (Å²) in [5.41, 5.74) is 0. The molecule has 0 saturated carbocycles. The van der Waals surface area contributed by atoms with Crippen molar-refractivity contribution < 1.29 is 4.57 Å². The smallest absolute Gasteiger partial charge is 0.155 e. The molecule has 0 unspecified atom stereocenters. The molecule has 0 N–H and O–H groups in total. The highest BCUT2D eigenvalue weighted by Gasteiger charge is 1.91. The first kappa shape index (κ1) is 7.80. The summed E-state index contributed by atoms with van der Waals surface area (Å²) >= 11 is 7.91. The lowest BCUT2D eigenvalue weighted by atomic mass is 10.6. The molecule has 0 aromatic rings. The summed E-state index contributed by atoms with van der Waals surface area (Å²) in [7, 11) is 0.192. The van der Waals surface area contributed by atoms with Gasteiger partial charge >= 0.3 is 0 Å². The molecular formula is C3H7OPS2. The van der Waals surface area contributed by atoms with Gasteiger partial charge in [-0.25, -0.2) is 0 Å². The van der Waals surface area contributed by atoms with E-state index in [0.29, 0.717) is 6.16 Å². The van der Waals surface area contributed by atoms with Crippen molar-refractivity contribution >= 4 is 33.7 Å². The predicted octanol–water partition coefficient (Wildman–Crippen LogP) is 1.85. The summed E-state index contributed by atoms with van der Waals surface area (Å²) in [5.74, 6) is 0. The molecule has 42 valence electrons. The molecule has 0 aliphatic rings. The Balaban J connectivity index is 2.81. The second-order valence-electron chi connectivity index (χ2n) is 1.12. The zero-order valence-corrected chi connectivity index (χ0v) is 6.42. The highest BCUT2D eigenvalue weighted by Crippen LogP contribution is 2.08. The fraction of sp³-hybridized carbons (Fsp3) is 1.00. The molecule has 0 heterocycles. The van der Waals surface area contributed by atoms with Crippen molar-refractivity contribution in [1.82, 2.24) is 0 Å². The van der Waals surface area contributed by atoms with Crippen molar-refractivity contribution in [3.63, 3.8) is 0 Å². The van der Waals surface area contributed by atoms with Crippen molar-refractivity contribution in [2.75, 3.05) is 6.16 Å². The van der Waals surface area contributed by atoms with Gasteiger partial charge in [0.2, 0.25) is 0 Å². The van der Waals surface area contributed by atoms with Gasteiger partial charge in [0, 0.05) is 10.7 Å². The van der Waals surface area contributed by atoms with E-state index in [2.05, 4.69) is 25.3 Å². The molecule has 0 radical (unpaired) electrons. The van der Waals surface area contributed by atoms with Gasteiger partial charge in [0.15, 0.2) is 8.46 Å². The van der Waals surface area contributed by atoms with Gasteiger partial charge in [0.05, 0.1) is 0 Å². The largest absolute Gasteiger partial charge is 0.275 e. The summed E-state index contributed by atoms with van der Waals surface area (Å²) in [4.78, 5) is 0. The third-order valence-electron chi connectivity index (χ3n) is 0.479. The van der Waals surface area contributed by atoms with E-state index >= 15 is 0 Å². The standard InChI is InChI=1S/C3H7OPS2/c4-5-2-1-3(6)7/h3,6-7H,1-2H2. The van der Waals surface area contributed by atoms with Gasteiger partial charge in [-0.2, -0.15) is 25.3 Å². The zero-order chi connectivity index (χ0) is 5.70. The molecule has 4 heteroatoms. The van der Waals surface area contributed by atoms with Crippen LogP contribution >= 0.6 is 33.7 Å². The van der Waals surface area contributed by atoms with Crippen LogP contribution in [0.1, 0.15) is 6.42 Å². The number of thiol groups is 2. The molecule has 1 nitrogen and oxygen atoms in total. The third kappa shape index (κ3) is 6.80. The summed E-state index contributed by atoms with van der Waals surface area (Å²) in [6, 6.07) is 0. The minimum Gasteiger partial charge on any atom is -0.275 e. The van der Waals surface area contributed by atoms with E-state index in [1.807, 2.05) is 0 Å². The van der Waals surface area contributed by atoms with Gasteiger partial charge < -0.3 is 0 Å². The molecule has 0 aromatic heterocycles. The van der Waals surface area contributed by atoms with Crippen LogP contribution in [0.2, 0.25) is 0 Å². The maximum absolute atomic E-state index is 9.74. The Hall–Kier alpha value is 0.800. The van der Waals surface area contributed by atoms with E-state index in [1.165, 1.54) is 0 Å². The Morgan fingerprint density at radius 3 is 2.29 bits per heavy atom. The third-order valence-corrected chi connectivity index (χ3v) is 1.44. The molecular weight excluding hydrogens is 147 g/mol. The lowest BCUT2D eigenvalue weighted by Crippen LogP contribution is -1.85. The van der Waals surface area contributed by atoms with Crippen LogP contribution < -0.4 is 0 Å². The first-order valence-electron chi connectivity index (χ1n) is 1.92. The average Bonchev–Trinajstić information content (AvgIpc) is 1.61. The number of rotatable bonds is 3. The highest BCUT2D eigenvalue weighted by atomic mass is 32.2. The quantitative estimate of drug-likeness (QED) is 0.360. The number of hydrogen-bond donors (Lipinski definition) is 2. The molecule has 0 saturated heterocycles. The highest BCUT2D eigenvalue weighted by molar-refractivity contribution is 7.99. The average molecular weight is 154 g/mol. The van der Waals surface area contributed by atoms with E-state index in [9.17, 15) is 4.57 Å². The summed E-state index contributed by atoms with van der Waals surface area (Å²) in [6.45, 7) is 0. The first-order chi connectivity index (χ1) is 3.27. The van der Waals surface area contributed by atoms with E-state index in [0.717, 1.165) is 6.42 Å². The molecule has 0 rings (SSSR count). The van der Waals surface area contributed by atoms with Gasteiger partial charge in [-0.15, -0.1) is 0 Å². The van der Waals surface area contributed by atoms with E-state index in [4.69, 9.17) is 0 Å². The molecule has 0 spiro atoms. The molecule has 0 bridgehead atoms. The molecule has 0 aliphatic heterocycles.